The number of carboxylic acid groups (broad SMARTS) is 2. The van der Waals surface area contributed by atoms with Gasteiger partial charge in [-0.2, -0.15) is 0 Å². The lowest BCUT2D eigenvalue weighted by molar-refractivity contribution is 0.0215. The van der Waals surface area contributed by atoms with E-state index in [0.717, 1.165) is 44.6 Å². The van der Waals surface area contributed by atoms with E-state index >= 15 is 0 Å². The highest BCUT2D eigenvalue weighted by Gasteiger charge is 2.37. The Balaban J connectivity index is 2.83. The van der Waals surface area contributed by atoms with Crippen LogP contribution in [0.1, 0.15) is 149 Å². The molecular formula is C33H42O9. The number of carboxylic acids is 2. The molecule has 0 saturated heterocycles. The number of hydrogen-bond acceptors (Lipinski definition) is 7. The van der Waals surface area contributed by atoms with Crippen molar-refractivity contribution in [2.45, 2.75) is 104 Å². The van der Waals surface area contributed by atoms with Crippen LogP contribution < -0.4 is 0 Å². The van der Waals surface area contributed by atoms with Crippen molar-refractivity contribution >= 4 is 29.7 Å². The summed E-state index contributed by atoms with van der Waals surface area (Å²) >= 11 is 0. The molecule has 0 bridgehead atoms. The number of aromatic carboxylic acids is 2. The Kier molecular flexibility index (Phi) is 13.9. The standard InChI is InChI=1S/C33H42O9/c1-5-9-12-18-22(7-3)41-32(39)27-24(29(34)21-16-14-11-15-17-21)20-25(30(35)36)26(31(37)38)28(27)33(40)42-23(8-4)19-13-10-6-2/h11,14-17,20,22-23H,5-10,12-13,18-19H2,1-4H3,(H,35,36)(H,37,38). The third kappa shape index (κ3) is 8.99. The third-order valence-corrected chi connectivity index (χ3v) is 7.18. The monoisotopic (exact) mass is 582 g/mol. The first-order valence-electron chi connectivity index (χ1n) is 14.8. The van der Waals surface area contributed by atoms with Gasteiger partial charge in [0.2, 0.25) is 0 Å². The van der Waals surface area contributed by atoms with Crippen molar-refractivity contribution in [1.29, 1.82) is 0 Å². The molecular weight excluding hydrogens is 540 g/mol. The second-order valence-corrected chi connectivity index (χ2v) is 10.3. The highest BCUT2D eigenvalue weighted by atomic mass is 16.6. The van der Waals surface area contributed by atoms with Crippen LogP contribution in [-0.4, -0.2) is 52.1 Å². The number of ketones is 1. The summed E-state index contributed by atoms with van der Waals surface area (Å²) in [5, 5.41) is 20.1. The van der Waals surface area contributed by atoms with Crippen LogP contribution in [-0.2, 0) is 9.47 Å². The van der Waals surface area contributed by atoms with Gasteiger partial charge in [-0.25, -0.2) is 19.2 Å². The zero-order valence-electron chi connectivity index (χ0n) is 24.9. The maximum absolute atomic E-state index is 13.8. The van der Waals surface area contributed by atoms with Gasteiger partial charge in [0, 0.05) is 11.1 Å². The Labute approximate surface area is 247 Å². The molecule has 0 fully saturated rings. The minimum absolute atomic E-state index is 0.117. The number of ether oxygens (including phenoxy) is 2. The van der Waals surface area contributed by atoms with Gasteiger partial charge in [-0.15, -0.1) is 0 Å². The Bertz CT molecular complexity index is 1250. The van der Waals surface area contributed by atoms with E-state index in [2.05, 4.69) is 0 Å². The number of esters is 2. The molecule has 0 spiro atoms. The predicted octanol–water partition coefficient (Wildman–Crippen LogP) is 7.35. The van der Waals surface area contributed by atoms with E-state index < -0.39 is 69.7 Å². The molecule has 2 unspecified atom stereocenters. The molecule has 2 rings (SSSR count). The third-order valence-electron chi connectivity index (χ3n) is 7.18. The predicted molar refractivity (Wildman–Crippen MR) is 158 cm³/mol. The molecule has 2 aromatic carbocycles. The highest BCUT2D eigenvalue weighted by molar-refractivity contribution is 6.22. The summed E-state index contributed by atoms with van der Waals surface area (Å²) in [5.74, 6) is -6.45. The number of benzene rings is 2. The molecule has 0 amide bonds. The fourth-order valence-electron chi connectivity index (χ4n) is 4.77. The Morgan fingerprint density at radius 2 is 1.14 bits per heavy atom. The molecule has 0 aliphatic rings. The molecule has 2 N–H and O–H groups in total. The Morgan fingerprint density at radius 3 is 1.57 bits per heavy atom. The van der Waals surface area contributed by atoms with Crippen molar-refractivity contribution in [3.05, 3.63) is 69.8 Å². The lowest BCUT2D eigenvalue weighted by Gasteiger charge is -2.22. The fourth-order valence-corrected chi connectivity index (χ4v) is 4.77. The quantitative estimate of drug-likeness (QED) is 0.105. The number of hydrogen-bond donors (Lipinski definition) is 2. The summed E-state index contributed by atoms with van der Waals surface area (Å²) in [5.41, 5.74) is -3.45. The molecule has 0 aromatic heterocycles. The zero-order valence-corrected chi connectivity index (χ0v) is 24.9. The molecule has 0 radical (unpaired) electrons. The van der Waals surface area contributed by atoms with Crippen molar-refractivity contribution in [2.24, 2.45) is 0 Å². The molecule has 2 atom stereocenters. The normalized spacial score (nSPS) is 12.3. The number of carbonyl (C=O) groups is 5. The lowest BCUT2D eigenvalue weighted by Crippen LogP contribution is -2.29. The van der Waals surface area contributed by atoms with E-state index in [4.69, 9.17) is 9.47 Å². The van der Waals surface area contributed by atoms with Crippen LogP contribution >= 0.6 is 0 Å². The Hall–Kier alpha value is -4.01. The van der Waals surface area contributed by atoms with Crippen molar-refractivity contribution in [2.75, 3.05) is 0 Å². The van der Waals surface area contributed by atoms with Gasteiger partial charge < -0.3 is 19.7 Å². The highest BCUT2D eigenvalue weighted by Crippen LogP contribution is 2.30. The average Bonchev–Trinajstić information content (AvgIpc) is 2.98. The van der Waals surface area contributed by atoms with Crippen LogP contribution in [0.3, 0.4) is 0 Å². The van der Waals surface area contributed by atoms with Gasteiger partial charge in [0.15, 0.2) is 5.78 Å². The molecule has 0 aliphatic heterocycles. The summed E-state index contributed by atoms with van der Waals surface area (Å²) in [6.45, 7) is 7.69. The topological polar surface area (TPSA) is 144 Å². The van der Waals surface area contributed by atoms with Crippen LogP contribution in [0.15, 0.2) is 36.4 Å². The van der Waals surface area contributed by atoms with Crippen LogP contribution in [0.25, 0.3) is 0 Å². The molecule has 9 nitrogen and oxygen atoms in total. The van der Waals surface area contributed by atoms with Gasteiger partial charge in [0.05, 0.1) is 22.3 Å². The van der Waals surface area contributed by atoms with Gasteiger partial charge >= 0.3 is 23.9 Å². The number of carbonyl (C=O) groups excluding carboxylic acids is 3. The fraction of sp³-hybridized carbons (Fsp3) is 0.485. The molecule has 0 heterocycles. The SMILES string of the molecule is CCCCCC(CC)OC(=O)c1c(C(=O)c2ccccc2)cc(C(=O)O)c(C(=O)O)c1C(=O)OC(CC)CCCCC. The van der Waals surface area contributed by atoms with Gasteiger partial charge in [0.25, 0.3) is 0 Å². The summed E-state index contributed by atoms with van der Waals surface area (Å²) in [6, 6.07) is 8.64. The van der Waals surface area contributed by atoms with Gasteiger partial charge in [0.1, 0.15) is 12.2 Å². The van der Waals surface area contributed by atoms with Crippen molar-refractivity contribution in [3.8, 4) is 0 Å². The van der Waals surface area contributed by atoms with E-state index in [1.165, 1.54) is 12.1 Å². The first-order chi connectivity index (χ1) is 20.1. The largest absolute Gasteiger partial charge is 0.478 e. The molecule has 0 saturated carbocycles. The van der Waals surface area contributed by atoms with Crippen LogP contribution in [0.5, 0.6) is 0 Å². The lowest BCUT2D eigenvalue weighted by atomic mass is 9.87. The molecule has 228 valence electrons. The minimum Gasteiger partial charge on any atom is -0.478 e. The Morgan fingerprint density at radius 1 is 0.643 bits per heavy atom. The number of unbranched alkanes of at least 4 members (excludes halogenated alkanes) is 4. The molecule has 0 aliphatic carbocycles. The summed E-state index contributed by atoms with van der Waals surface area (Å²) in [6.07, 6.45) is 5.97. The van der Waals surface area contributed by atoms with Gasteiger partial charge in [-0.1, -0.05) is 83.7 Å². The average molecular weight is 583 g/mol. The summed E-state index contributed by atoms with van der Waals surface area (Å²) in [7, 11) is 0. The first-order valence-corrected chi connectivity index (χ1v) is 14.8. The molecule has 42 heavy (non-hydrogen) atoms. The summed E-state index contributed by atoms with van der Waals surface area (Å²) < 4.78 is 11.4. The zero-order chi connectivity index (χ0) is 31.2. The van der Waals surface area contributed by atoms with Gasteiger partial charge in [-0.3, -0.25) is 4.79 Å². The van der Waals surface area contributed by atoms with Crippen molar-refractivity contribution in [3.63, 3.8) is 0 Å². The first kappa shape index (κ1) is 34.2. The van der Waals surface area contributed by atoms with E-state index in [-0.39, 0.29) is 5.56 Å². The molecule has 2 aromatic rings. The smallest absolute Gasteiger partial charge is 0.340 e. The molecule has 9 heteroatoms. The maximum atomic E-state index is 13.8. The summed E-state index contributed by atoms with van der Waals surface area (Å²) in [4.78, 5) is 66.1. The van der Waals surface area contributed by atoms with E-state index in [1.54, 1.807) is 25.1 Å². The van der Waals surface area contributed by atoms with Crippen LogP contribution in [0.2, 0.25) is 0 Å². The van der Waals surface area contributed by atoms with Crippen molar-refractivity contribution < 1.29 is 43.7 Å². The second kappa shape index (κ2) is 17.1. The van der Waals surface area contributed by atoms with E-state index in [1.807, 2.05) is 20.8 Å². The number of rotatable bonds is 18. The minimum atomic E-state index is -1.75. The second-order valence-electron chi connectivity index (χ2n) is 10.3. The van der Waals surface area contributed by atoms with E-state index in [0.29, 0.717) is 25.7 Å². The van der Waals surface area contributed by atoms with Crippen molar-refractivity contribution in [1.82, 2.24) is 0 Å². The van der Waals surface area contributed by atoms with Crippen LogP contribution in [0.4, 0.5) is 0 Å². The van der Waals surface area contributed by atoms with Gasteiger partial charge in [-0.05, 0) is 44.6 Å². The van der Waals surface area contributed by atoms with Crippen LogP contribution in [0, 0.1) is 0 Å². The van der Waals surface area contributed by atoms with E-state index in [9.17, 15) is 34.2 Å². The maximum Gasteiger partial charge on any atom is 0.340 e.